The number of carbonyl (C=O) groups is 2. The number of carboxylic acids is 1. The zero-order valence-electron chi connectivity index (χ0n) is 12.9. The topological polar surface area (TPSA) is 95.1 Å². The van der Waals surface area contributed by atoms with Crippen LogP contribution in [-0.2, 0) is 4.79 Å². The molecule has 1 heterocycles. The molecular formula is C17H21N3O3. The van der Waals surface area contributed by atoms with Gasteiger partial charge in [-0.1, -0.05) is 43.9 Å². The first-order valence-corrected chi connectivity index (χ1v) is 8.13. The molecule has 1 saturated carbocycles. The Bertz CT molecular complexity index is 710. The van der Waals surface area contributed by atoms with E-state index < -0.39 is 11.9 Å². The van der Waals surface area contributed by atoms with Crippen molar-refractivity contribution in [3.05, 3.63) is 30.0 Å². The Kier molecular flexibility index (Phi) is 4.60. The zero-order valence-corrected chi connectivity index (χ0v) is 12.9. The average Bonchev–Trinajstić information content (AvgIpc) is 2.93. The number of aromatic amines is 1. The molecule has 3 rings (SSSR count). The second-order valence-electron chi connectivity index (χ2n) is 6.13. The second kappa shape index (κ2) is 6.81. The van der Waals surface area contributed by atoms with Crippen LogP contribution < -0.4 is 5.32 Å². The molecule has 0 aliphatic heterocycles. The highest BCUT2D eigenvalue weighted by Crippen LogP contribution is 2.24. The SMILES string of the molecule is O=C(NC1CCCCCCC1C(=O)O)c1n[nH]c2ccccc12. The summed E-state index contributed by atoms with van der Waals surface area (Å²) in [4.78, 5) is 24.1. The molecule has 122 valence electrons. The fraction of sp³-hybridized carbons (Fsp3) is 0.471. The highest BCUT2D eigenvalue weighted by atomic mass is 16.4. The quantitative estimate of drug-likeness (QED) is 0.811. The van der Waals surface area contributed by atoms with Gasteiger partial charge < -0.3 is 10.4 Å². The highest BCUT2D eigenvalue weighted by molar-refractivity contribution is 6.04. The number of para-hydroxylation sites is 1. The minimum absolute atomic E-state index is 0.306. The molecule has 6 nitrogen and oxygen atoms in total. The first-order valence-electron chi connectivity index (χ1n) is 8.13. The van der Waals surface area contributed by atoms with Crippen molar-refractivity contribution in [3.63, 3.8) is 0 Å². The monoisotopic (exact) mass is 315 g/mol. The van der Waals surface area contributed by atoms with E-state index in [1.165, 1.54) is 0 Å². The Balaban J connectivity index is 1.80. The number of amides is 1. The molecule has 1 aromatic heterocycles. The van der Waals surface area contributed by atoms with Crippen LogP contribution in [0.4, 0.5) is 0 Å². The summed E-state index contributed by atoms with van der Waals surface area (Å²) in [7, 11) is 0. The van der Waals surface area contributed by atoms with E-state index in [2.05, 4.69) is 15.5 Å². The summed E-state index contributed by atoms with van der Waals surface area (Å²) < 4.78 is 0. The Labute approximate surface area is 134 Å². The largest absolute Gasteiger partial charge is 0.481 e. The molecule has 0 spiro atoms. The molecule has 2 unspecified atom stereocenters. The summed E-state index contributed by atoms with van der Waals surface area (Å²) in [5.74, 6) is -1.66. The summed E-state index contributed by atoms with van der Waals surface area (Å²) in [6.45, 7) is 0. The Hall–Kier alpha value is -2.37. The summed E-state index contributed by atoms with van der Waals surface area (Å²) in [6.07, 6.45) is 5.30. The number of rotatable bonds is 3. The number of fused-ring (bicyclic) bond motifs is 1. The molecule has 1 amide bonds. The van der Waals surface area contributed by atoms with Gasteiger partial charge in [0.25, 0.3) is 5.91 Å². The average molecular weight is 315 g/mol. The Morgan fingerprint density at radius 2 is 1.87 bits per heavy atom. The van der Waals surface area contributed by atoms with Gasteiger partial charge in [-0.3, -0.25) is 14.7 Å². The van der Waals surface area contributed by atoms with Crippen molar-refractivity contribution in [1.29, 1.82) is 0 Å². The molecule has 0 saturated heterocycles. The van der Waals surface area contributed by atoms with E-state index in [-0.39, 0.29) is 11.9 Å². The maximum atomic E-state index is 12.6. The van der Waals surface area contributed by atoms with Gasteiger partial charge in [0.2, 0.25) is 0 Å². The lowest BCUT2D eigenvalue weighted by molar-refractivity contribution is -0.143. The van der Waals surface area contributed by atoms with Crippen LogP contribution in [-0.4, -0.2) is 33.2 Å². The van der Waals surface area contributed by atoms with Crippen molar-refractivity contribution >= 4 is 22.8 Å². The van der Waals surface area contributed by atoms with E-state index in [0.717, 1.165) is 36.6 Å². The van der Waals surface area contributed by atoms with Gasteiger partial charge in [0.1, 0.15) is 0 Å². The van der Waals surface area contributed by atoms with E-state index in [4.69, 9.17) is 0 Å². The predicted octanol–water partition coefficient (Wildman–Crippen LogP) is 2.72. The van der Waals surface area contributed by atoms with E-state index in [9.17, 15) is 14.7 Å². The number of nitrogens with one attached hydrogen (secondary N) is 2. The molecule has 2 aromatic rings. The van der Waals surface area contributed by atoms with Gasteiger partial charge in [0.15, 0.2) is 5.69 Å². The van der Waals surface area contributed by atoms with Crippen molar-refractivity contribution in [3.8, 4) is 0 Å². The maximum Gasteiger partial charge on any atom is 0.308 e. The van der Waals surface area contributed by atoms with Crippen LogP contribution in [0.25, 0.3) is 10.9 Å². The first-order chi connectivity index (χ1) is 11.2. The molecular weight excluding hydrogens is 294 g/mol. The number of benzene rings is 1. The van der Waals surface area contributed by atoms with Crippen LogP contribution in [0.5, 0.6) is 0 Å². The third-order valence-corrected chi connectivity index (χ3v) is 4.59. The Morgan fingerprint density at radius 3 is 2.65 bits per heavy atom. The lowest BCUT2D eigenvalue weighted by atomic mass is 9.86. The van der Waals surface area contributed by atoms with Crippen LogP contribution in [0.15, 0.2) is 24.3 Å². The zero-order chi connectivity index (χ0) is 16.2. The molecule has 1 aromatic carbocycles. The number of nitrogens with zero attached hydrogens (tertiary/aromatic N) is 1. The standard InChI is InChI=1S/C17H21N3O3/c21-16(15-11-7-5-6-10-14(11)19-20-15)18-13-9-4-2-1-3-8-12(13)17(22)23/h5-7,10,12-13H,1-4,8-9H2,(H,18,21)(H,19,20)(H,22,23). The van der Waals surface area contributed by atoms with Crippen molar-refractivity contribution in [2.45, 2.75) is 44.6 Å². The highest BCUT2D eigenvalue weighted by Gasteiger charge is 2.30. The first kappa shape index (κ1) is 15.5. The molecule has 1 fully saturated rings. The van der Waals surface area contributed by atoms with Crippen LogP contribution in [0.1, 0.15) is 49.0 Å². The van der Waals surface area contributed by atoms with Gasteiger partial charge >= 0.3 is 5.97 Å². The van der Waals surface area contributed by atoms with Crippen molar-refractivity contribution in [2.75, 3.05) is 0 Å². The van der Waals surface area contributed by atoms with E-state index >= 15 is 0 Å². The van der Waals surface area contributed by atoms with Crippen LogP contribution in [0.2, 0.25) is 0 Å². The van der Waals surface area contributed by atoms with Gasteiger partial charge in [-0.2, -0.15) is 5.10 Å². The van der Waals surface area contributed by atoms with E-state index in [1.807, 2.05) is 24.3 Å². The maximum absolute atomic E-state index is 12.6. The fourth-order valence-electron chi connectivity index (χ4n) is 3.33. The molecule has 0 bridgehead atoms. The molecule has 1 aliphatic rings. The molecule has 6 heteroatoms. The lowest BCUT2D eigenvalue weighted by Crippen LogP contribution is -2.44. The minimum atomic E-state index is -0.830. The molecule has 2 atom stereocenters. The summed E-state index contributed by atoms with van der Waals surface area (Å²) in [5, 5.41) is 20.1. The van der Waals surface area contributed by atoms with Gasteiger partial charge in [-0.25, -0.2) is 0 Å². The number of hydrogen-bond acceptors (Lipinski definition) is 3. The van der Waals surface area contributed by atoms with Crippen molar-refractivity contribution in [2.24, 2.45) is 5.92 Å². The number of aromatic nitrogens is 2. The van der Waals surface area contributed by atoms with E-state index in [0.29, 0.717) is 18.5 Å². The van der Waals surface area contributed by atoms with Crippen LogP contribution >= 0.6 is 0 Å². The van der Waals surface area contributed by atoms with Crippen molar-refractivity contribution < 1.29 is 14.7 Å². The van der Waals surface area contributed by atoms with Gasteiger partial charge in [-0.15, -0.1) is 0 Å². The lowest BCUT2D eigenvalue weighted by Gasteiger charge is -2.27. The molecule has 3 N–H and O–H groups in total. The number of H-pyrrole nitrogens is 1. The number of hydrogen-bond donors (Lipinski definition) is 3. The molecule has 0 radical (unpaired) electrons. The van der Waals surface area contributed by atoms with Crippen molar-refractivity contribution in [1.82, 2.24) is 15.5 Å². The van der Waals surface area contributed by atoms with Gasteiger partial charge in [0.05, 0.1) is 11.4 Å². The number of carbonyl (C=O) groups excluding carboxylic acids is 1. The van der Waals surface area contributed by atoms with Crippen LogP contribution in [0.3, 0.4) is 0 Å². The smallest absolute Gasteiger partial charge is 0.308 e. The van der Waals surface area contributed by atoms with Gasteiger partial charge in [0, 0.05) is 11.4 Å². The fourth-order valence-corrected chi connectivity index (χ4v) is 3.33. The molecule has 23 heavy (non-hydrogen) atoms. The predicted molar refractivity (Wildman–Crippen MR) is 86.2 cm³/mol. The second-order valence-corrected chi connectivity index (χ2v) is 6.13. The third kappa shape index (κ3) is 3.36. The third-order valence-electron chi connectivity index (χ3n) is 4.59. The molecule has 1 aliphatic carbocycles. The Morgan fingerprint density at radius 1 is 1.13 bits per heavy atom. The summed E-state index contributed by atoms with van der Waals surface area (Å²) in [5.41, 5.74) is 1.12. The number of carboxylic acid groups (broad SMARTS) is 1. The van der Waals surface area contributed by atoms with E-state index in [1.54, 1.807) is 0 Å². The normalized spacial score (nSPS) is 22.3. The summed E-state index contributed by atoms with van der Waals surface area (Å²) in [6, 6.07) is 7.08. The number of aliphatic carboxylic acids is 1. The van der Waals surface area contributed by atoms with Crippen LogP contribution in [0, 0.1) is 5.92 Å². The minimum Gasteiger partial charge on any atom is -0.481 e. The van der Waals surface area contributed by atoms with Gasteiger partial charge in [-0.05, 0) is 18.9 Å². The summed E-state index contributed by atoms with van der Waals surface area (Å²) >= 11 is 0.